The van der Waals surface area contributed by atoms with Crippen LogP contribution in [0, 0.1) is 11.6 Å². The molecule has 1 saturated heterocycles. The van der Waals surface area contributed by atoms with E-state index in [4.69, 9.17) is 0 Å². The highest BCUT2D eigenvalue weighted by atomic mass is 19.4. The molecule has 1 heterocycles. The fourth-order valence-electron chi connectivity index (χ4n) is 2.19. The van der Waals surface area contributed by atoms with Crippen LogP contribution in [0.15, 0.2) is 18.2 Å². The predicted octanol–water partition coefficient (Wildman–Crippen LogP) is 2.49. The first-order chi connectivity index (χ1) is 9.64. The molecule has 0 bridgehead atoms. The van der Waals surface area contributed by atoms with Gasteiger partial charge in [0.2, 0.25) is 0 Å². The number of hydrogen-bond donors (Lipinski definition) is 1. The molecule has 2 rings (SSSR count). The second-order valence-corrected chi connectivity index (χ2v) is 4.95. The Morgan fingerprint density at radius 2 is 1.76 bits per heavy atom. The van der Waals surface area contributed by atoms with Gasteiger partial charge >= 0.3 is 6.18 Å². The highest BCUT2D eigenvalue weighted by Crippen LogP contribution is 2.38. The zero-order valence-electron chi connectivity index (χ0n) is 10.8. The Kier molecular flexibility index (Phi) is 3.92. The summed E-state index contributed by atoms with van der Waals surface area (Å²) in [6, 6.07) is 2.31. The SMILES string of the molecule is O=C(c1cc(F)ccc1F)N1CCC(O)(C(F)(F)F)CC1. The van der Waals surface area contributed by atoms with Crippen molar-refractivity contribution in [2.24, 2.45) is 0 Å². The third-order valence-corrected chi connectivity index (χ3v) is 3.56. The van der Waals surface area contributed by atoms with Crippen LogP contribution in [0.3, 0.4) is 0 Å². The van der Waals surface area contributed by atoms with Crippen LogP contribution >= 0.6 is 0 Å². The summed E-state index contributed by atoms with van der Waals surface area (Å²) in [5, 5.41) is 9.48. The molecule has 0 spiro atoms. The first kappa shape index (κ1) is 15.7. The third-order valence-electron chi connectivity index (χ3n) is 3.56. The number of aliphatic hydroxyl groups is 1. The molecule has 1 aliphatic heterocycles. The molecule has 1 amide bonds. The molecule has 21 heavy (non-hydrogen) atoms. The van der Waals surface area contributed by atoms with Gasteiger partial charge in [-0.15, -0.1) is 0 Å². The molecular formula is C13H12F5NO2. The summed E-state index contributed by atoms with van der Waals surface area (Å²) in [5.41, 5.74) is -3.38. The van der Waals surface area contributed by atoms with E-state index in [1.54, 1.807) is 0 Å². The number of amides is 1. The molecule has 3 nitrogen and oxygen atoms in total. The van der Waals surface area contributed by atoms with E-state index in [0.717, 1.165) is 17.0 Å². The lowest BCUT2D eigenvalue weighted by atomic mass is 9.90. The number of hydrogen-bond acceptors (Lipinski definition) is 2. The Bertz CT molecular complexity index is 550. The van der Waals surface area contributed by atoms with Crippen molar-refractivity contribution in [3.05, 3.63) is 35.4 Å². The van der Waals surface area contributed by atoms with Crippen molar-refractivity contribution in [2.45, 2.75) is 24.6 Å². The summed E-state index contributed by atoms with van der Waals surface area (Å²) >= 11 is 0. The Labute approximate surface area is 117 Å². The molecule has 1 aliphatic rings. The Morgan fingerprint density at radius 1 is 1.19 bits per heavy atom. The molecule has 0 radical (unpaired) electrons. The van der Waals surface area contributed by atoms with Gasteiger partial charge in [-0.2, -0.15) is 13.2 Å². The number of halogens is 5. The van der Waals surface area contributed by atoms with E-state index in [2.05, 4.69) is 0 Å². The van der Waals surface area contributed by atoms with E-state index in [-0.39, 0.29) is 13.1 Å². The van der Waals surface area contributed by atoms with Crippen molar-refractivity contribution in [3.8, 4) is 0 Å². The molecule has 116 valence electrons. The molecule has 0 aliphatic carbocycles. The summed E-state index contributed by atoms with van der Waals surface area (Å²) in [6.45, 7) is -0.768. The predicted molar refractivity (Wildman–Crippen MR) is 62.5 cm³/mol. The molecule has 1 N–H and O–H groups in total. The van der Waals surface area contributed by atoms with Gasteiger partial charge in [-0.3, -0.25) is 4.79 Å². The second-order valence-electron chi connectivity index (χ2n) is 4.95. The minimum absolute atomic E-state index is 0.384. The van der Waals surface area contributed by atoms with Gasteiger partial charge in [0.15, 0.2) is 5.60 Å². The van der Waals surface area contributed by atoms with Crippen molar-refractivity contribution in [2.75, 3.05) is 13.1 Å². The maximum atomic E-state index is 13.5. The fourth-order valence-corrected chi connectivity index (χ4v) is 2.19. The van der Waals surface area contributed by atoms with Crippen molar-refractivity contribution >= 4 is 5.91 Å². The van der Waals surface area contributed by atoms with Gasteiger partial charge < -0.3 is 10.0 Å². The maximum absolute atomic E-state index is 13.5. The highest BCUT2D eigenvalue weighted by molar-refractivity contribution is 5.94. The van der Waals surface area contributed by atoms with Crippen LogP contribution in [0.4, 0.5) is 22.0 Å². The zero-order chi connectivity index (χ0) is 15.8. The zero-order valence-corrected chi connectivity index (χ0v) is 10.8. The number of benzene rings is 1. The monoisotopic (exact) mass is 309 g/mol. The van der Waals surface area contributed by atoms with Crippen molar-refractivity contribution in [1.29, 1.82) is 0 Å². The first-order valence-electron chi connectivity index (χ1n) is 6.17. The Balaban J connectivity index is 2.12. The highest BCUT2D eigenvalue weighted by Gasteiger charge is 2.54. The van der Waals surface area contributed by atoms with Crippen LogP contribution in [0.5, 0.6) is 0 Å². The maximum Gasteiger partial charge on any atom is 0.417 e. The van der Waals surface area contributed by atoms with Crippen LogP contribution in [-0.2, 0) is 0 Å². The van der Waals surface area contributed by atoms with Crippen LogP contribution in [0.2, 0.25) is 0 Å². The number of likely N-dealkylation sites (tertiary alicyclic amines) is 1. The molecular weight excluding hydrogens is 297 g/mol. The second kappa shape index (κ2) is 5.25. The van der Waals surface area contributed by atoms with Gasteiger partial charge in [0, 0.05) is 25.9 Å². The van der Waals surface area contributed by atoms with Gasteiger partial charge in [-0.05, 0) is 18.2 Å². The van der Waals surface area contributed by atoms with Crippen molar-refractivity contribution in [1.82, 2.24) is 4.90 Å². The van der Waals surface area contributed by atoms with E-state index in [1.165, 1.54) is 0 Å². The Morgan fingerprint density at radius 3 is 2.29 bits per heavy atom. The third kappa shape index (κ3) is 2.99. The van der Waals surface area contributed by atoms with Crippen molar-refractivity contribution < 1.29 is 31.9 Å². The van der Waals surface area contributed by atoms with Gasteiger partial charge in [0.25, 0.3) is 5.91 Å². The first-order valence-corrected chi connectivity index (χ1v) is 6.17. The fraction of sp³-hybridized carbons (Fsp3) is 0.462. The summed E-state index contributed by atoms with van der Waals surface area (Å²) in [5.74, 6) is -2.65. The molecule has 1 aromatic carbocycles. The van der Waals surface area contributed by atoms with Crippen molar-refractivity contribution in [3.63, 3.8) is 0 Å². The molecule has 0 saturated carbocycles. The van der Waals surface area contributed by atoms with E-state index in [9.17, 15) is 31.9 Å². The van der Waals surface area contributed by atoms with Gasteiger partial charge in [-0.1, -0.05) is 0 Å². The summed E-state index contributed by atoms with van der Waals surface area (Å²) in [6.07, 6.45) is -6.18. The summed E-state index contributed by atoms with van der Waals surface area (Å²) < 4.78 is 64.4. The van der Waals surface area contributed by atoms with E-state index >= 15 is 0 Å². The van der Waals surface area contributed by atoms with Gasteiger partial charge in [0.1, 0.15) is 11.6 Å². The average Bonchev–Trinajstić information content (AvgIpc) is 2.40. The number of alkyl halides is 3. The molecule has 0 atom stereocenters. The lowest BCUT2D eigenvalue weighted by Gasteiger charge is -2.39. The quantitative estimate of drug-likeness (QED) is 0.810. The van der Waals surface area contributed by atoms with Crippen LogP contribution in [0.1, 0.15) is 23.2 Å². The topological polar surface area (TPSA) is 40.5 Å². The lowest BCUT2D eigenvalue weighted by molar-refractivity contribution is -0.271. The number of carbonyl (C=O) groups excluding carboxylic acids is 1. The molecule has 1 aromatic rings. The summed E-state index contributed by atoms with van der Waals surface area (Å²) in [7, 11) is 0. The van der Waals surface area contributed by atoms with E-state index < -0.39 is 47.7 Å². The minimum Gasteiger partial charge on any atom is -0.380 e. The van der Waals surface area contributed by atoms with Crippen LogP contribution in [-0.4, -0.2) is 40.8 Å². The standard InChI is InChI=1S/C13H12F5NO2/c14-8-1-2-10(15)9(7-8)11(20)19-5-3-12(21,4-6-19)13(16,17)18/h1-2,7,21H,3-6H2. The normalized spacial score (nSPS) is 18.7. The largest absolute Gasteiger partial charge is 0.417 e. The van der Waals surface area contributed by atoms with Gasteiger partial charge in [0.05, 0.1) is 5.56 Å². The minimum atomic E-state index is -4.79. The molecule has 0 unspecified atom stereocenters. The van der Waals surface area contributed by atoms with Crippen LogP contribution in [0.25, 0.3) is 0 Å². The van der Waals surface area contributed by atoms with E-state index in [1.807, 2.05) is 0 Å². The molecule has 0 aromatic heterocycles. The Hall–Kier alpha value is -1.70. The number of carbonyl (C=O) groups is 1. The molecule has 1 fully saturated rings. The number of piperidine rings is 1. The lowest BCUT2D eigenvalue weighted by Crippen LogP contribution is -2.54. The summed E-state index contributed by atoms with van der Waals surface area (Å²) in [4.78, 5) is 13.0. The smallest absolute Gasteiger partial charge is 0.380 e. The van der Waals surface area contributed by atoms with E-state index in [0.29, 0.717) is 6.07 Å². The molecule has 8 heteroatoms. The van der Waals surface area contributed by atoms with Gasteiger partial charge in [-0.25, -0.2) is 8.78 Å². The number of nitrogens with zero attached hydrogens (tertiary/aromatic N) is 1. The van der Waals surface area contributed by atoms with Crippen LogP contribution < -0.4 is 0 Å². The average molecular weight is 309 g/mol. The number of rotatable bonds is 1.